The molecule has 2 aromatic heterocycles. The Bertz CT molecular complexity index is 1270. The van der Waals surface area contributed by atoms with E-state index >= 15 is 0 Å². The van der Waals surface area contributed by atoms with Gasteiger partial charge in [0.25, 0.3) is 0 Å². The molecule has 0 unspecified atom stereocenters. The number of nitrogens with zero attached hydrogens (tertiary/aromatic N) is 5. The van der Waals surface area contributed by atoms with Crippen molar-refractivity contribution in [3.8, 4) is 11.6 Å². The monoisotopic (exact) mass is 522 g/mol. The molecule has 4 rings (SSSR count). The quantitative estimate of drug-likeness (QED) is 0.461. The molecule has 0 aliphatic carbocycles. The molecule has 36 heavy (non-hydrogen) atoms. The SMILES string of the molecule is CN1CCN(CC(=O)Nc2cnccc2Cn2cc(O)n(-c3ccc(SC(F)(F)F)cc3)c2=O)CC1. The molecule has 1 aliphatic heterocycles. The summed E-state index contributed by atoms with van der Waals surface area (Å²) in [5, 5.41) is 13.2. The van der Waals surface area contributed by atoms with E-state index in [0.29, 0.717) is 11.3 Å². The van der Waals surface area contributed by atoms with Crippen LogP contribution in [0.1, 0.15) is 5.56 Å². The molecule has 1 saturated heterocycles. The molecule has 1 amide bonds. The molecule has 3 heterocycles. The van der Waals surface area contributed by atoms with Gasteiger partial charge in [0.15, 0.2) is 0 Å². The second-order valence-corrected chi connectivity index (χ2v) is 9.57. The number of aromatic nitrogens is 3. The van der Waals surface area contributed by atoms with Crippen LogP contribution >= 0.6 is 11.8 Å². The predicted molar refractivity (Wildman–Crippen MR) is 130 cm³/mol. The van der Waals surface area contributed by atoms with Crippen molar-refractivity contribution in [2.24, 2.45) is 0 Å². The van der Waals surface area contributed by atoms with Crippen LogP contribution in [0, 0.1) is 0 Å². The number of piperazine rings is 1. The number of pyridine rings is 1. The first kappa shape index (κ1) is 25.8. The van der Waals surface area contributed by atoms with Gasteiger partial charge in [-0.05, 0) is 54.7 Å². The highest BCUT2D eigenvalue weighted by Crippen LogP contribution is 2.37. The third-order valence-electron chi connectivity index (χ3n) is 5.76. The van der Waals surface area contributed by atoms with Gasteiger partial charge in [0.2, 0.25) is 11.8 Å². The van der Waals surface area contributed by atoms with Gasteiger partial charge >= 0.3 is 11.2 Å². The molecule has 2 N–H and O–H groups in total. The number of carbonyl (C=O) groups is 1. The van der Waals surface area contributed by atoms with Crippen LogP contribution in [0.5, 0.6) is 5.88 Å². The Balaban J connectivity index is 1.48. The van der Waals surface area contributed by atoms with Crippen LogP contribution in [-0.4, -0.2) is 80.2 Å². The number of benzene rings is 1. The highest BCUT2D eigenvalue weighted by molar-refractivity contribution is 8.00. The van der Waals surface area contributed by atoms with Gasteiger partial charge in [-0.1, -0.05) is 0 Å². The van der Waals surface area contributed by atoms with Gasteiger partial charge in [0.05, 0.1) is 36.9 Å². The van der Waals surface area contributed by atoms with Crippen molar-refractivity contribution in [3.63, 3.8) is 0 Å². The summed E-state index contributed by atoms with van der Waals surface area (Å²) in [5.74, 6) is -0.565. The number of hydrogen-bond acceptors (Lipinski definition) is 7. The van der Waals surface area contributed by atoms with E-state index in [1.807, 2.05) is 7.05 Å². The number of thioether (sulfide) groups is 1. The second-order valence-electron chi connectivity index (χ2n) is 8.44. The number of halogens is 3. The summed E-state index contributed by atoms with van der Waals surface area (Å²) in [5.41, 5.74) is -3.74. The Morgan fingerprint density at radius 1 is 1.14 bits per heavy atom. The second kappa shape index (κ2) is 10.8. The zero-order valence-electron chi connectivity index (χ0n) is 19.4. The predicted octanol–water partition coefficient (Wildman–Crippen LogP) is 2.59. The van der Waals surface area contributed by atoms with E-state index in [1.54, 1.807) is 6.07 Å². The summed E-state index contributed by atoms with van der Waals surface area (Å²) in [6, 6.07) is 6.78. The molecule has 0 spiro atoms. The Morgan fingerprint density at radius 3 is 2.50 bits per heavy atom. The van der Waals surface area contributed by atoms with Gasteiger partial charge in [-0.3, -0.25) is 19.2 Å². The summed E-state index contributed by atoms with van der Waals surface area (Å²) in [7, 11) is 2.04. The number of aromatic hydroxyl groups is 1. The lowest BCUT2D eigenvalue weighted by atomic mass is 10.2. The third-order valence-corrected chi connectivity index (χ3v) is 6.49. The normalized spacial score (nSPS) is 15.2. The molecule has 0 atom stereocenters. The fourth-order valence-corrected chi connectivity index (χ4v) is 4.43. The molecule has 13 heteroatoms. The maximum Gasteiger partial charge on any atom is 0.446 e. The van der Waals surface area contributed by atoms with E-state index in [4.69, 9.17) is 0 Å². The molecule has 9 nitrogen and oxygen atoms in total. The van der Waals surface area contributed by atoms with E-state index in [1.165, 1.54) is 47.4 Å². The van der Waals surface area contributed by atoms with Gasteiger partial charge in [-0.2, -0.15) is 13.2 Å². The molecule has 0 bridgehead atoms. The molecule has 0 saturated carbocycles. The van der Waals surface area contributed by atoms with Crippen molar-refractivity contribution in [1.82, 2.24) is 23.9 Å². The summed E-state index contributed by atoms with van der Waals surface area (Å²) < 4.78 is 40.0. The number of likely N-dealkylation sites (N-methyl/N-ethyl adjacent to an activating group) is 1. The van der Waals surface area contributed by atoms with Gasteiger partial charge in [-0.25, -0.2) is 9.36 Å². The van der Waals surface area contributed by atoms with Crippen LogP contribution in [0.3, 0.4) is 0 Å². The van der Waals surface area contributed by atoms with Crippen LogP contribution in [0.15, 0.2) is 58.6 Å². The smallest absolute Gasteiger partial charge is 0.446 e. The van der Waals surface area contributed by atoms with E-state index in [0.717, 1.165) is 30.7 Å². The molecule has 1 aromatic carbocycles. The van der Waals surface area contributed by atoms with Gasteiger partial charge in [-0.15, -0.1) is 0 Å². The van der Waals surface area contributed by atoms with Crippen molar-refractivity contribution in [1.29, 1.82) is 0 Å². The molecule has 192 valence electrons. The molecule has 1 fully saturated rings. The van der Waals surface area contributed by atoms with Crippen LogP contribution < -0.4 is 11.0 Å². The molecular weight excluding hydrogens is 497 g/mol. The maximum atomic E-state index is 13.0. The Hall–Kier alpha value is -3.29. The van der Waals surface area contributed by atoms with Gasteiger partial charge in [0, 0.05) is 37.3 Å². The zero-order valence-corrected chi connectivity index (χ0v) is 20.2. The van der Waals surface area contributed by atoms with Crippen molar-refractivity contribution in [3.05, 3.63) is 65.0 Å². The fraction of sp³-hybridized carbons (Fsp3) is 0.348. The van der Waals surface area contributed by atoms with E-state index in [9.17, 15) is 27.9 Å². The molecule has 1 aliphatic rings. The van der Waals surface area contributed by atoms with E-state index in [2.05, 4.69) is 20.1 Å². The van der Waals surface area contributed by atoms with Crippen LogP contribution in [0.4, 0.5) is 18.9 Å². The zero-order chi connectivity index (χ0) is 25.9. The number of anilines is 1. The van der Waals surface area contributed by atoms with E-state index < -0.39 is 11.2 Å². The summed E-state index contributed by atoms with van der Waals surface area (Å²) in [4.78, 5) is 33.9. The minimum atomic E-state index is -4.42. The van der Waals surface area contributed by atoms with Crippen LogP contribution in [-0.2, 0) is 11.3 Å². The van der Waals surface area contributed by atoms with Crippen molar-refractivity contribution in [2.45, 2.75) is 16.9 Å². The Kier molecular flexibility index (Phi) is 7.71. The Labute approximate surface area is 209 Å². The lowest BCUT2D eigenvalue weighted by Gasteiger charge is -2.31. The first-order valence-electron chi connectivity index (χ1n) is 11.1. The van der Waals surface area contributed by atoms with Gasteiger partial charge in [0.1, 0.15) is 0 Å². The van der Waals surface area contributed by atoms with Crippen molar-refractivity contribution in [2.75, 3.05) is 45.1 Å². The van der Waals surface area contributed by atoms with E-state index in [-0.39, 0.29) is 47.2 Å². The Morgan fingerprint density at radius 2 is 1.83 bits per heavy atom. The summed E-state index contributed by atoms with van der Waals surface area (Å²) >= 11 is -0.263. The van der Waals surface area contributed by atoms with Crippen molar-refractivity contribution < 1.29 is 23.1 Å². The van der Waals surface area contributed by atoms with Crippen LogP contribution in [0.25, 0.3) is 5.69 Å². The highest BCUT2D eigenvalue weighted by Gasteiger charge is 2.29. The highest BCUT2D eigenvalue weighted by atomic mass is 32.2. The fourth-order valence-electron chi connectivity index (χ4n) is 3.89. The standard InChI is InChI=1S/C23H25F3N6O3S/c1-29-8-10-30(11-9-29)14-20(33)28-19-12-27-7-6-16(19)13-31-15-21(34)32(22(31)35)17-2-4-18(5-3-17)36-23(24,25)26/h2-7,12,15,34H,8-11,13-14H2,1H3,(H,28,33). The number of hydrogen-bond donors (Lipinski definition) is 2. The molecular formula is C23H25F3N6O3S. The van der Waals surface area contributed by atoms with Crippen molar-refractivity contribution >= 4 is 23.4 Å². The topological polar surface area (TPSA) is 95.6 Å². The number of amides is 1. The van der Waals surface area contributed by atoms with Crippen LogP contribution in [0.2, 0.25) is 0 Å². The molecule has 0 radical (unpaired) electrons. The minimum absolute atomic E-state index is 0.0352. The lowest BCUT2D eigenvalue weighted by molar-refractivity contribution is -0.117. The summed E-state index contributed by atoms with van der Waals surface area (Å²) in [6.45, 7) is 3.64. The molecule has 3 aromatic rings. The minimum Gasteiger partial charge on any atom is -0.493 e. The number of rotatable bonds is 7. The first-order chi connectivity index (χ1) is 17.1. The number of alkyl halides is 3. The average molecular weight is 523 g/mol. The summed E-state index contributed by atoms with van der Waals surface area (Å²) in [6.07, 6.45) is 4.26. The average Bonchev–Trinajstić information content (AvgIpc) is 3.09. The maximum absolute atomic E-state index is 13.0. The number of carbonyl (C=O) groups excluding carboxylic acids is 1. The number of nitrogens with one attached hydrogen (secondary N) is 1. The first-order valence-corrected chi connectivity index (χ1v) is 11.9. The largest absolute Gasteiger partial charge is 0.493 e. The third kappa shape index (κ3) is 6.47. The lowest BCUT2D eigenvalue weighted by Crippen LogP contribution is -2.47. The van der Waals surface area contributed by atoms with Gasteiger partial charge < -0.3 is 15.3 Å². The number of imidazole rings is 1.